The Balaban J connectivity index is 2.05. The summed E-state index contributed by atoms with van der Waals surface area (Å²) in [6, 6.07) is 0. The van der Waals surface area contributed by atoms with Crippen LogP contribution in [0.25, 0.3) is 0 Å². The van der Waals surface area contributed by atoms with Gasteiger partial charge in [0.1, 0.15) is 5.60 Å². The van der Waals surface area contributed by atoms with E-state index < -0.39 is 5.60 Å². The summed E-state index contributed by atoms with van der Waals surface area (Å²) in [5, 5.41) is 0. The van der Waals surface area contributed by atoms with Crippen LogP contribution in [0.4, 0.5) is 0 Å². The van der Waals surface area contributed by atoms with Gasteiger partial charge in [0.15, 0.2) is 5.78 Å². The molecule has 0 aliphatic heterocycles. The fourth-order valence-corrected chi connectivity index (χ4v) is 3.34. The van der Waals surface area contributed by atoms with Gasteiger partial charge in [0.2, 0.25) is 0 Å². The van der Waals surface area contributed by atoms with Crippen molar-refractivity contribution in [1.29, 1.82) is 0 Å². The molecule has 0 unspecified atom stereocenters. The quantitative estimate of drug-likeness (QED) is 0.735. The van der Waals surface area contributed by atoms with Gasteiger partial charge in [-0.15, -0.1) is 0 Å². The molecule has 0 amide bonds. The molecule has 0 saturated heterocycles. The molecule has 2 fully saturated rings. The molecule has 0 aromatic rings. The maximum Gasteiger partial charge on any atom is 0.167 e. The fourth-order valence-electron chi connectivity index (χ4n) is 3.34. The maximum atomic E-state index is 12.5. The van der Waals surface area contributed by atoms with Crippen LogP contribution in [-0.2, 0) is 9.53 Å². The molecule has 2 heteroatoms. The number of hydrogen-bond acceptors (Lipinski definition) is 2. The molecule has 2 saturated carbocycles. The van der Waals surface area contributed by atoms with Crippen LogP contribution >= 0.6 is 0 Å². The number of Topliss-reactive ketones (excluding diaryl/α,β-unsaturated/α-hetero) is 1. The largest absolute Gasteiger partial charge is 0.370 e. The first-order valence-corrected chi connectivity index (χ1v) is 6.77. The lowest BCUT2D eigenvalue weighted by molar-refractivity contribution is -0.150. The van der Waals surface area contributed by atoms with Gasteiger partial charge in [-0.25, -0.2) is 0 Å². The Morgan fingerprint density at radius 3 is 2.19 bits per heavy atom. The molecular weight excluding hydrogens is 200 g/mol. The van der Waals surface area contributed by atoms with Crippen molar-refractivity contribution in [2.75, 3.05) is 7.11 Å². The van der Waals surface area contributed by atoms with Crippen LogP contribution in [-0.4, -0.2) is 18.5 Å². The molecule has 2 aliphatic rings. The van der Waals surface area contributed by atoms with Gasteiger partial charge in [-0.05, 0) is 44.4 Å². The Kier molecular flexibility index (Phi) is 3.68. The smallest absolute Gasteiger partial charge is 0.167 e. The van der Waals surface area contributed by atoms with Crippen LogP contribution in [0.2, 0.25) is 0 Å². The second-order valence-electron chi connectivity index (χ2n) is 5.73. The Hall–Kier alpha value is -0.370. The third-order valence-electron chi connectivity index (χ3n) is 4.65. The fraction of sp³-hybridized carbons (Fsp3) is 0.929. The maximum absolute atomic E-state index is 12.5. The number of methoxy groups -OCH3 is 1. The van der Waals surface area contributed by atoms with Crippen LogP contribution in [0.15, 0.2) is 0 Å². The molecule has 0 atom stereocenters. The summed E-state index contributed by atoms with van der Waals surface area (Å²) in [5.41, 5.74) is -0.415. The molecule has 0 spiro atoms. The third-order valence-corrected chi connectivity index (χ3v) is 4.65. The minimum Gasteiger partial charge on any atom is -0.370 e. The van der Waals surface area contributed by atoms with Crippen molar-refractivity contribution in [3.05, 3.63) is 0 Å². The van der Waals surface area contributed by atoms with Crippen LogP contribution in [0, 0.1) is 11.8 Å². The van der Waals surface area contributed by atoms with E-state index in [4.69, 9.17) is 4.74 Å². The molecule has 92 valence electrons. The van der Waals surface area contributed by atoms with Gasteiger partial charge in [-0.2, -0.15) is 0 Å². The zero-order valence-electron chi connectivity index (χ0n) is 10.6. The van der Waals surface area contributed by atoms with E-state index in [0.717, 1.165) is 44.4 Å². The highest BCUT2D eigenvalue weighted by Gasteiger charge is 2.44. The molecule has 2 aliphatic carbocycles. The Morgan fingerprint density at radius 2 is 1.69 bits per heavy atom. The van der Waals surface area contributed by atoms with Crippen molar-refractivity contribution in [2.24, 2.45) is 11.8 Å². The summed E-state index contributed by atoms with van der Waals surface area (Å²) in [4.78, 5) is 12.5. The first-order chi connectivity index (χ1) is 7.68. The van der Waals surface area contributed by atoms with Gasteiger partial charge in [0, 0.05) is 13.0 Å². The lowest BCUT2D eigenvalue weighted by Gasteiger charge is -2.38. The van der Waals surface area contributed by atoms with Crippen molar-refractivity contribution in [3.8, 4) is 0 Å². The molecule has 2 rings (SSSR count). The number of ether oxygens (including phenoxy) is 1. The van der Waals surface area contributed by atoms with E-state index in [1.54, 1.807) is 7.11 Å². The van der Waals surface area contributed by atoms with Gasteiger partial charge in [-0.3, -0.25) is 4.79 Å². The van der Waals surface area contributed by atoms with Crippen molar-refractivity contribution < 1.29 is 9.53 Å². The monoisotopic (exact) mass is 224 g/mol. The normalized spacial score (nSPS) is 36.5. The van der Waals surface area contributed by atoms with E-state index in [-0.39, 0.29) is 0 Å². The van der Waals surface area contributed by atoms with Crippen LogP contribution < -0.4 is 0 Å². The van der Waals surface area contributed by atoms with Crippen molar-refractivity contribution in [1.82, 2.24) is 0 Å². The standard InChI is InChI=1S/C14H24O2/c1-11-7-9-14(16-2,10-8-11)13(15)12-5-3-4-6-12/h11-12H,3-10H2,1-2H3. The zero-order valence-corrected chi connectivity index (χ0v) is 10.6. The third kappa shape index (κ3) is 2.17. The Labute approximate surface area is 98.7 Å². The van der Waals surface area contributed by atoms with E-state index in [2.05, 4.69) is 6.92 Å². The van der Waals surface area contributed by atoms with Crippen molar-refractivity contribution in [3.63, 3.8) is 0 Å². The average molecular weight is 224 g/mol. The number of rotatable bonds is 3. The summed E-state index contributed by atoms with van der Waals surface area (Å²) < 4.78 is 5.65. The number of carbonyl (C=O) groups excluding carboxylic acids is 1. The predicted molar refractivity (Wildman–Crippen MR) is 64.3 cm³/mol. The summed E-state index contributed by atoms with van der Waals surface area (Å²) in [5.74, 6) is 1.48. The molecule has 0 heterocycles. The van der Waals surface area contributed by atoms with Crippen LogP contribution in [0.3, 0.4) is 0 Å². The van der Waals surface area contributed by atoms with E-state index >= 15 is 0 Å². The number of ketones is 1. The zero-order chi connectivity index (χ0) is 11.6. The minimum absolute atomic E-state index is 0.299. The van der Waals surface area contributed by atoms with Gasteiger partial charge in [0.05, 0.1) is 0 Å². The van der Waals surface area contributed by atoms with Crippen molar-refractivity contribution in [2.45, 2.75) is 63.9 Å². The highest BCUT2D eigenvalue weighted by Crippen LogP contribution is 2.39. The van der Waals surface area contributed by atoms with Crippen LogP contribution in [0.5, 0.6) is 0 Å². The molecule has 0 aromatic heterocycles. The second-order valence-corrected chi connectivity index (χ2v) is 5.73. The lowest BCUT2D eigenvalue weighted by atomic mass is 9.74. The van der Waals surface area contributed by atoms with E-state index in [1.165, 1.54) is 12.8 Å². The first kappa shape index (κ1) is 12.1. The van der Waals surface area contributed by atoms with Crippen LogP contribution in [0.1, 0.15) is 58.3 Å². The molecule has 0 bridgehead atoms. The van der Waals surface area contributed by atoms with E-state index in [1.807, 2.05) is 0 Å². The molecule has 0 N–H and O–H groups in total. The molecule has 2 nitrogen and oxygen atoms in total. The summed E-state index contributed by atoms with van der Waals surface area (Å²) in [6.07, 6.45) is 8.83. The predicted octanol–water partition coefficient (Wildman–Crippen LogP) is 3.34. The Morgan fingerprint density at radius 1 is 1.12 bits per heavy atom. The molecule has 0 aromatic carbocycles. The summed E-state index contributed by atoms with van der Waals surface area (Å²) in [6.45, 7) is 2.28. The second kappa shape index (κ2) is 4.87. The van der Waals surface area contributed by atoms with Gasteiger partial charge < -0.3 is 4.74 Å². The number of carbonyl (C=O) groups is 1. The summed E-state index contributed by atoms with van der Waals surface area (Å²) in [7, 11) is 1.73. The average Bonchev–Trinajstić information content (AvgIpc) is 2.83. The molecule has 16 heavy (non-hydrogen) atoms. The van der Waals surface area contributed by atoms with E-state index in [0.29, 0.717) is 11.7 Å². The molecular formula is C14H24O2. The summed E-state index contributed by atoms with van der Waals surface area (Å²) >= 11 is 0. The van der Waals surface area contributed by atoms with Gasteiger partial charge in [0.25, 0.3) is 0 Å². The SMILES string of the molecule is COC1(C(=O)C2CCCC2)CCC(C)CC1. The lowest BCUT2D eigenvalue weighted by Crippen LogP contribution is -2.46. The molecule has 0 radical (unpaired) electrons. The topological polar surface area (TPSA) is 26.3 Å². The first-order valence-electron chi connectivity index (χ1n) is 6.77. The van der Waals surface area contributed by atoms with Gasteiger partial charge >= 0.3 is 0 Å². The highest BCUT2D eigenvalue weighted by atomic mass is 16.5. The van der Waals surface area contributed by atoms with Gasteiger partial charge in [-0.1, -0.05) is 19.8 Å². The highest BCUT2D eigenvalue weighted by molar-refractivity contribution is 5.89. The Bertz CT molecular complexity index is 245. The van der Waals surface area contributed by atoms with Crippen molar-refractivity contribution >= 4 is 5.78 Å². The van der Waals surface area contributed by atoms with E-state index in [9.17, 15) is 4.79 Å². The number of hydrogen-bond donors (Lipinski definition) is 0. The minimum atomic E-state index is -0.415.